The van der Waals surface area contributed by atoms with Gasteiger partial charge in [0.05, 0.1) is 11.8 Å². The summed E-state index contributed by atoms with van der Waals surface area (Å²) in [6.45, 7) is 0.455. The Morgan fingerprint density at radius 1 is 1.42 bits per heavy atom. The van der Waals surface area contributed by atoms with Gasteiger partial charge in [-0.2, -0.15) is 0 Å². The van der Waals surface area contributed by atoms with Crippen LogP contribution in [0.4, 0.5) is 0 Å². The van der Waals surface area contributed by atoms with Crippen molar-refractivity contribution in [3.8, 4) is 0 Å². The highest BCUT2D eigenvalue weighted by Gasteiger charge is 2.27. The minimum Gasteiger partial charge on any atom is -0.330 e. The molecule has 0 bridgehead atoms. The maximum atomic E-state index is 12.1. The van der Waals surface area contributed by atoms with Crippen LogP contribution in [0.25, 0.3) is 0 Å². The fourth-order valence-corrected chi connectivity index (χ4v) is 5.61. The van der Waals surface area contributed by atoms with E-state index in [1.54, 1.807) is 6.07 Å². The first-order chi connectivity index (χ1) is 8.82. The summed E-state index contributed by atoms with van der Waals surface area (Å²) in [7, 11) is -6.95. The molecule has 0 spiro atoms. The maximum absolute atomic E-state index is 12.1. The number of nitrogens with one attached hydrogen (secondary N) is 1. The molecular weight excluding hydrogens is 308 g/mol. The van der Waals surface area contributed by atoms with E-state index in [0.717, 1.165) is 21.6 Å². The van der Waals surface area contributed by atoms with Gasteiger partial charge in [-0.25, -0.2) is 21.6 Å². The highest BCUT2D eigenvalue weighted by Crippen LogP contribution is 2.22. The third-order valence-electron chi connectivity index (χ3n) is 2.53. The second-order valence-corrected chi connectivity index (χ2v) is 9.19. The number of nitrogens with two attached hydrogens (primary N) is 1. The van der Waals surface area contributed by atoms with E-state index in [1.807, 2.05) is 0 Å². The van der Waals surface area contributed by atoms with Gasteiger partial charge >= 0.3 is 0 Å². The summed E-state index contributed by atoms with van der Waals surface area (Å²) in [4.78, 5) is 0.887. The van der Waals surface area contributed by atoms with Gasteiger partial charge in [-0.3, -0.25) is 0 Å². The zero-order valence-corrected chi connectivity index (χ0v) is 12.4. The molecule has 1 aliphatic rings. The van der Waals surface area contributed by atoms with Gasteiger partial charge in [0.25, 0.3) is 10.0 Å². The normalized spacial score (nSPS) is 21.8. The summed E-state index contributed by atoms with van der Waals surface area (Å²) < 4.78 is 49.1. The van der Waals surface area contributed by atoms with Crippen molar-refractivity contribution in [1.82, 2.24) is 4.72 Å². The average Bonchev–Trinajstić information content (AvgIpc) is 2.86. The summed E-state index contributed by atoms with van der Waals surface area (Å²) in [5.41, 5.74) is 5.41. The lowest BCUT2D eigenvalue weighted by molar-refractivity contribution is 0.577. The predicted molar refractivity (Wildman–Crippen MR) is 74.1 cm³/mol. The summed E-state index contributed by atoms with van der Waals surface area (Å²) >= 11 is 1.14. The quantitative estimate of drug-likeness (QED) is 0.783. The third-order valence-corrected chi connectivity index (χ3v) is 7.05. The highest BCUT2D eigenvalue weighted by molar-refractivity contribution is 7.94. The van der Waals surface area contributed by atoms with Crippen molar-refractivity contribution in [1.29, 1.82) is 0 Å². The second kappa shape index (κ2) is 5.33. The molecule has 3 N–H and O–H groups in total. The van der Waals surface area contributed by atoms with Crippen molar-refractivity contribution in [2.75, 3.05) is 12.3 Å². The Kier molecular flexibility index (Phi) is 4.11. The zero-order valence-electron chi connectivity index (χ0n) is 9.94. The van der Waals surface area contributed by atoms with Gasteiger partial charge < -0.3 is 5.73 Å². The molecule has 1 aliphatic heterocycles. The van der Waals surface area contributed by atoms with Crippen molar-refractivity contribution in [2.45, 2.75) is 16.7 Å². The SMILES string of the molecule is NCCc1ccc(S(=O)(=O)NC2C=CS(=O)(=O)C2)s1. The van der Waals surface area contributed by atoms with E-state index < -0.39 is 25.9 Å². The molecule has 0 aromatic carbocycles. The molecule has 1 aromatic rings. The molecule has 0 amide bonds. The number of rotatable bonds is 5. The molecule has 0 aliphatic carbocycles. The van der Waals surface area contributed by atoms with Crippen LogP contribution in [0, 0.1) is 0 Å². The molecule has 2 heterocycles. The number of hydrogen-bond acceptors (Lipinski definition) is 6. The molecule has 6 nitrogen and oxygen atoms in total. The van der Waals surface area contributed by atoms with E-state index in [2.05, 4.69) is 4.72 Å². The molecule has 2 rings (SSSR count). The molecular formula is C10H14N2O4S3. The molecule has 0 saturated carbocycles. The van der Waals surface area contributed by atoms with Crippen molar-refractivity contribution < 1.29 is 16.8 Å². The molecule has 19 heavy (non-hydrogen) atoms. The summed E-state index contributed by atoms with van der Waals surface area (Å²) in [5, 5.41) is 1.04. The highest BCUT2D eigenvalue weighted by atomic mass is 32.2. The molecule has 0 radical (unpaired) electrons. The smallest absolute Gasteiger partial charge is 0.250 e. The van der Waals surface area contributed by atoms with Gasteiger partial charge in [0.15, 0.2) is 9.84 Å². The summed E-state index contributed by atoms with van der Waals surface area (Å²) in [5.74, 6) is -0.229. The average molecular weight is 322 g/mol. The van der Waals surface area contributed by atoms with Gasteiger partial charge in [0.2, 0.25) is 0 Å². The van der Waals surface area contributed by atoms with Gasteiger partial charge in [0.1, 0.15) is 4.21 Å². The van der Waals surface area contributed by atoms with Gasteiger partial charge in [-0.05, 0) is 25.1 Å². The number of sulfone groups is 1. The number of sulfonamides is 1. The molecule has 9 heteroatoms. The third kappa shape index (κ3) is 3.63. The van der Waals surface area contributed by atoms with Crippen molar-refractivity contribution in [2.24, 2.45) is 5.73 Å². The van der Waals surface area contributed by atoms with Crippen molar-refractivity contribution >= 4 is 31.2 Å². The van der Waals surface area contributed by atoms with Gasteiger partial charge in [0, 0.05) is 10.3 Å². The van der Waals surface area contributed by atoms with E-state index in [4.69, 9.17) is 5.73 Å². The first kappa shape index (κ1) is 14.7. The molecule has 0 saturated heterocycles. The topological polar surface area (TPSA) is 106 Å². The number of hydrogen-bond donors (Lipinski definition) is 2. The monoisotopic (exact) mass is 322 g/mol. The Hall–Kier alpha value is -0.740. The summed E-state index contributed by atoms with van der Waals surface area (Å²) in [6.07, 6.45) is 1.97. The van der Waals surface area contributed by atoms with Crippen molar-refractivity contribution in [3.05, 3.63) is 28.5 Å². The Bertz CT molecular complexity index is 688. The van der Waals surface area contributed by atoms with Crippen LogP contribution in [0.5, 0.6) is 0 Å². The van der Waals surface area contributed by atoms with Crippen LogP contribution in [0.2, 0.25) is 0 Å². The van der Waals surface area contributed by atoms with Crippen LogP contribution in [0.3, 0.4) is 0 Å². The summed E-state index contributed by atoms with van der Waals surface area (Å²) in [6, 6.07) is 2.52. The van der Waals surface area contributed by atoms with E-state index in [1.165, 1.54) is 12.1 Å². The van der Waals surface area contributed by atoms with Gasteiger partial charge in [-0.15, -0.1) is 11.3 Å². The second-order valence-electron chi connectivity index (χ2n) is 4.15. The fraction of sp³-hybridized carbons (Fsp3) is 0.400. The lowest BCUT2D eigenvalue weighted by Gasteiger charge is -2.08. The van der Waals surface area contributed by atoms with Crippen LogP contribution in [-0.2, 0) is 26.3 Å². The van der Waals surface area contributed by atoms with Crippen LogP contribution in [0.1, 0.15) is 4.88 Å². The molecule has 1 unspecified atom stereocenters. The molecule has 0 fully saturated rings. The van der Waals surface area contributed by atoms with E-state index >= 15 is 0 Å². The molecule has 1 atom stereocenters. The first-order valence-electron chi connectivity index (χ1n) is 5.54. The van der Waals surface area contributed by atoms with Crippen LogP contribution in [-0.4, -0.2) is 35.2 Å². The number of thiophene rings is 1. The lowest BCUT2D eigenvalue weighted by Crippen LogP contribution is -2.35. The van der Waals surface area contributed by atoms with Crippen LogP contribution >= 0.6 is 11.3 Å². The van der Waals surface area contributed by atoms with Gasteiger partial charge in [-0.1, -0.05) is 6.08 Å². The van der Waals surface area contributed by atoms with Crippen LogP contribution in [0.15, 0.2) is 27.8 Å². The maximum Gasteiger partial charge on any atom is 0.250 e. The Morgan fingerprint density at radius 3 is 2.74 bits per heavy atom. The Labute approximate surface area is 116 Å². The van der Waals surface area contributed by atoms with E-state index in [-0.39, 0.29) is 9.96 Å². The largest absolute Gasteiger partial charge is 0.330 e. The lowest BCUT2D eigenvalue weighted by atomic mass is 10.3. The van der Waals surface area contributed by atoms with Crippen LogP contribution < -0.4 is 10.5 Å². The fourth-order valence-electron chi connectivity index (χ4n) is 1.69. The minimum absolute atomic E-state index is 0.175. The molecule has 106 valence electrons. The minimum atomic E-state index is -3.68. The van der Waals surface area contributed by atoms with Crippen molar-refractivity contribution in [3.63, 3.8) is 0 Å². The first-order valence-corrected chi connectivity index (χ1v) is 9.56. The predicted octanol–water partition coefficient (Wildman–Crippen LogP) is -0.162. The Morgan fingerprint density at radius 2 is 2.16 bits per heavy atom. The van der Waals surface area contributed by atoms with E-state index in [9.17, 15) is 16.8 Å². The zero-order chi connectivity index (χ0) is 14.1. The van der Waals surface area contributed by atoms with E-state index in [0.29, 0.717) is 13.0 Å². The Balaban J connectivity index is 2.12. The molecule has 1 aromatic heterocycles. The standard InChI is InChI=1S/C10H14N2O4S3/c11-5-3-9-1-2-10(17-9)19(15,16)12-8-4-6-18(13,14)7-8/h1-2,4,6,8,12H,3,5,7,11H2.